The molecule has 2 nitrogen and oxygen atoms in total. The zero-order valence-corrected chi connectivity index (χ0v) is 7.58. The average molecular weight is 165 g/mol. The number of hydrogen-bond acceptors (Lipinski definition) is 2. The third-order valence-corrected chi connectivity index (χ3v) is 1.66. The second-order valence-corrected chi connectivity index (χ2v) is 2.98. The largest absolute Gasteiger partial charge is 0.489 e. The van der Waals surface area contributed by atoms with Gasteiger partial charge in [-0.05, 0) is 31.5 Å². The molecule has 2 N–H and O–H groups in total. The summed E-state index contributed by atoms with van der Waals surface area (Å²) in [6.45, 7) is 4.55. The van der Waals surface area contributed by atoms with Crippen LogP contribution >= 0.6 is 0 Å². The molecule has 12 heavy (non-hydrogen) atoms. The lowest BCUT2D eigenvalue weighted by Gasteiger charge is -2.12. The summed E-state index contributed by atoms with van der Waals surface area (Å²) in [6, 6.07) is 7.97. The minimum atomic E-state index is 0.0896. The number of nitrogens with two attached hydrogens (primary N) is 1. The molecule has 1 atom stereocenters. The highest BCUT2D eigenvalue weighted by molar-refractivity contribution is 5.27. The second-order valence-electron chi connectivity index (χ2n) is 2.98. The summed E-state index contributed by atoms with van der Waals surface area (Å²) >= 11 is 0. The van der Waals surface area contributed by atoms with Gasteiger partial charge in [-0.2, -0.15) is 0 Å². The smallest absolute Gasteiger partial charge is 0.120 e. The second kappa shape index (κ2) is 4.12. The van der Waals surface area contributed by atoms with E-state index in [9.17, 15) is 0 Å². The van der Waals surface area contributed by atoms with Gasteiger partial charge in [0, 0.05) is 6.54 Å². The zero-order chi connectivity index (χ0) is 8.97. The first kappa shape index (κ1) is 9.07. The Kier molecular flexibility index (Phi) is 3.11. The SMILES string of the molecule is Cc1cccc(O[C@H](C)CN)c1. The summed E-state index contributed by atoms with van der Waals surface area (Å²) in [6.07, 6.45) is 0.0896. The van der Waals surface area contributed by atoms with Gasteiger partial charge in [0.25, 0.3) is 0 Å². The van der Waals surface area contributed by atoms with E-state index < -0.39 is 0 Å². The van der Waals surface area contributed by atoms with Crippen molar-refractivity contribution in [2.75, 3.05) is 6.54 Å². The van der Waals surface area contributed by atoms with Crippen LogP contribution in [0.5, 0.6) is 5.75 Å². The summed E-state index contributed by atoms with van der Waals surface area (Å²) in [5.74, 6) is 0.896. The molecule has 0 fully saturated rings. The quantitative estimate of drug-likeness (QED) is 0.740. The van der Waals surface area contributed by atoms with E-state index >= 15 is 0 Å². The Morgan fingerprint density at radius 3 is 2.83 bits per heavy atom. The summed E-state index contributed by atoms with van der Waals surface area (Å²) < 4.78 is 5.52. The predicted octanol–water partition coefficient (Wildman–Crippen LogP) is 1.72. The first-order chi connectivity index (χ1) is 5.72. The van der Waals surface area contributed by atoms with E-state index in [2.05, 4.69) is 0 Å². The molecule has 0 saturated carbocycles. The van der Waals surface area contributed by atoms with Crippen molar-refractivity contribution >= 4 is 0 Å². The Morgan fingerprint density at radius 1 is 1.50 bits per heavy atom. The normalized spacial score (nSPS) is 12.6. The van der Waals surface area contributed by atoms with Gasteiger partial charge in [-0.25, -0.2) is 0 Å². The number of ether oxygens (including phenoxy) is 1. The van der Waals surface area contributed by atoms with Gasteiger partial charge in [-0.1, -0.05) is 12.1 Å². The van der Waals surface area contributed by atoms with Gasteiger partial charge in [0.15, 0.2) is 0 Å². The third kappa shape index (κ3) is 2.55. The Hall–Kier alpha value is -1.02. The highest BCUT2D eigenvalue weighted by Crippen LogP contribution is 2.13. The molecule has 1 aromatic rings. The number of hydrogen-bond donors (Lipinski definition) is 1. The lowest BCUT2D eigenvalue weighted by atomic mass is 10.2. The fourth-order valence-corrected chi connectivity index (χ4v) is 0.969. The van der Waals surface area contributed by atoms with Crippen molar-refractivity contribution in [1.29, 1.82) is 0 Å². The van der Waals surface area contributed by atoms with Crippen LogP contribution in [-0.2, 0) is 0 Å². The molecule has 66 valence electrons. The highest BCUT2D eigenvalue weighted by atomic mass is 16.5. The van der Waals surface area contributed by atoms with E-state index in [0.717, 1.165) is 5.75 Å². The van der Waals surface area contributed by atoms with Crippen molar-refractivity contribution in [2.24, 2.45) is 5.73 Å². The average Bonchev–Trinajstić information content (AvgIpc) is 2.04. The minimum absolute atomic E-state index is 0.0896. The van der Waals surface area contributed by atoms with Crippen molar-refractivity contribution in [2.45, 2.75) is 20.0 Å². The Morgan fingerprint density at radius 2 is 2.25 bits per heavy atom. The van der Waals surface area contributed by atoms with Crippen molar-refractivity contribution in [1.82, 2.24) is 0 Å². The van der Waals surface area contributed by atoms with Crippen molar-refractivity contribution in [3.63, 3.8) is 0 Å². The van der Waals surface area contributed by atoms with Gasteiger partial charge in [0.1, 0.15) is 11.9 Å². The molecule has 1 aromatic carbocycles. The lowest BCUT2D eigenvalue weighted by Crippen LogP contribution is -2.22. The zero-order valence-electron chi connectivity index (χ0n) is 7.58. The molecular formula is C10H15NO. The van der Waals surface area contributed by atoms with Crippen molar-refractivity contribution in [3.8, 4) is 5.75 Å². The third-order valence-electron chi connectivity index (χ3n) is 1.66. The van der Waals surface area contributed by atoms with Gasteiger partial charge in [0.2, 0.25) is 0 Å². The van der Waals surface area contributed by atoms with E-state index in [-0.39, 0.29) is 6.10 Å². The Bertz CT molecular complexity index is 247. The van der Waals surface area contributed by atoms with Crippen LogP contribution in [0.25, 0.3) is 0 Å². The monoisotopic (exact) mass is 165 g/mol. The van der Waals surface area contributed by atoms with E-state index in [4.69, 9.17) is 10.5 Å². The van der Waals surface area contributed by atoms with Crippen LogP contribution in [-0.4, -0.2) is 12.6 Å². The molecular weight excluding hydrogens is 150 g/mol. The molecule has 0 amide bonds. The van der Waals surface area contributed by atoms with E-state index in [0.29, 0.717) is 6.54 Å². The molecule has 0 heterocycles. The van der Waals surface area contributed by atoms with E-state index in [1.807, 2.05) is 38.1 Å². The van der Waals surface area contributed by atoms with Gasteiger partial charge in [-0.3, -0.25) is 0 Å². The first-order valence-corrected chi connectivity index (χ1v) is 4.16. The summed E-state index contributed by atoms with van der Waals surface area (Å²) in [5.41, 5.74) is 6.64. The number of rotatable bonds is 3. The lowest BCUT2D eigenvalue weighted by molar-refractivity contribution is 0.230. The van der Waals surface area contributed by atoms with Crippen molar-refractivity contribution < 1.29 is 4.74 Å². The molecule has 0 aliphatic rings. The maximum atomic E-state index is 5.52. The summed E-state index contributed by atoms with van der Waals surface area (Å²) in [7, 11) is 0. The molecule has 0 unspecified atom stereocenters. The predicted molar refractivity (Wildman–Crippen MR) is 50.3 cm³/mol. The van der Waals surface area contributed by atoms with Gasteiger partial charge >= 0.3 is 0 Å². The summed E-state index contributed by atoms with van der Waals surface area (Å²) in [5, 5.41) is 0. The molecule has 0 aromatic heterocycles. The van der Waals surface area contributed by atoms with E-state index in [1.54, 1.807) is 0 Å². The van der Waals surface area contributed by atoms with E-state index in [1.165, 1.54) is 5.56 Å². The maximum Gasteiger partial charge on any atom is 0.120 e. The standard InChI is InChI=1S/C10H15NO/c1-8-4-3-5-10(6-8)12-9(2)7-11/h3-6,9H,7,11H2,1-2H3/t9-/m1/s1. The fraction of sp³-hybridized carbons (Fsp3) is 0.400. The van der Waals surface area contributed by atoms with Crippen LogP contribution in [0.2, 0.25) is 0 Å². The minimum Gasteiger partial charge on any atom is -0.489 e. The van der Waals surface area contributed by atoms with Crippen molar-refractivity contribution in [3.05, 3.63) is 29.8 Å². The molecule has 0 spiro atoms. The first-order valence-electron chi connectivity index (χ1n) is 4.16. The molecule has 0 bridgehead atoms. The Balaban J connectivity index is 2.63. The van der Waals surface area contributed by atoms with Gasteiger partial charge in [-0.15, -0.1) is 0 Å². The van der Waals surface area contributed by atoms with Gasteiger partial charge < -0.3 is 10.5 Å². The highest BCUT2D eigenvalue weighted by Gasteiger charge is 1.99. The fourth-order valence-electron chi connectivity index (χ4n) is 0.969. The molecule has 0 radical (unpaired) electrons. The number of benzene rings is 1. The number of aryl methyl sites for hydroxylation is 1. The van der Waals surface area contributed by atoms with Crippen LogP contribution in [0, 0.1) is 6.92 Å². The molecule has 1 rings (SSSR count). The van der Waals surface area contributed by atoms with Crippen LogP contribution < -0.4 is 10.5 Å². The van der Waals surface area contributed by atoms with Crippen LogP contribution in [0.15, 0.2) is 24.3 Å². The van der Waals surface area contributed by atoms with Gasteiger partial charge in [0.05, 0.1) is 0 Å². The molecule has 2 heteroatoms. The molecule has 0 saturated heterocycles. The maximum absolute atomic E-state index is 5.52. The molecule has 0 aliphatic carbocycles. The van der Waals surface area contributed by atoms with Crippen LogP contribution in [0.4, 0.5) is 0 Å². The van der Waals surface area contributed by atoms with Crippen LogP contribution in [0.1, 0.15) is 12.5 Å². The molecule has 0 aliphatic heterocycles. The Labute approximate surface area is 73.3 Å². The summed E-state index contributed by atoms with van der Waals surface area (Å²) in [4.78, 5) is 0. The topological polar surface area (TPSA) is 35.2 Å². The van der Waals surface area contributed by atoms with Crippen LogP contribution in [0.3, 0.4) is 0 Å².